The average molecular weight is 578 g/mol. The van der Waals surface area contributed by atoms with Gasteiger partial charge in [-0.05, 0) is 76.1 Å². The lowest BCUT2D eigenvalue weighted by atomic mass is 9.89. The number of carbonyl (C=O) groups excluding carboxylic acids is 1. The standard InChI is InChI=1S/C30H39N7O3S/c1-30(2)18-21-10-7-16-31-24-11-6-12-27(32-24)41-37(21)29(39)22-13-14-25(33-28(22)35(30)3)36-17-15-26(34-36)40-19-23(38)20-8-4-5-9-20/h6,11-15,17,20-21,23,38H,4-5,7-10,16,18-19H2,1-3H3,(H,31,32)/t21-,23?/m0/s1. The molecule has 2 bridgehead atoms. The minimum Gasteiger partial charge on any atom is -0.474 e. The summed E-state index contributed by atoms with van der Waals surface area (Å²) in [6.07, 6.45) is 8.38. The molecule has 41 heavy (non-hydrogen) atoms. The Labute approximate surface area is 245 Å². The lowest BCUT2D eigenvalue weighted by Gasteiger charge is -2.45. The number of amides is 1. The van der Waals surface area contributed by atoms with Crippen LogP contribution >= 0.6 is 11.9 Å². The van der Waals surface area contributed by atoms with Gasteiger partial charge in [0.15, 0.2) is 5.82 Å². The smallest absolute Gasteiger partial charge is 0.268 e. The topological polar surface area (TPSA) is 109 Å². The van der Waals surface area contributed by atoms with Crippen molar-refractivity contribution in [2.75, 3.05) is 30.4 Å². The molecule has 0 saturated heterocycles. The van der Waals surface area contributed by atoms with E-state index in [2.05, 4.69) is 29.2 Å². The van der Waals surface area contributed by atoms with Crippen molar-refractivity contribution >= 4 is 29.5 Å². The van der Waals surface area contributed by atoms with Gasteiger partial charge in [-0.1, -0.05) is 18.9 Å². The maximum absolute atomic E-state index is 14.2. The van der Waals surface area contributed by atoms with Crippen molar-refractivity contribution in [2.24, 2.45) is 5.92 Å². The highest BCUT2D eigenvalue weighted by atomic mass is 32.2. The van der Waals surface area contributed by atoms with Gasteiger partial charge in [0.1, 0.15) is 23.3 Å². The molecule has 1 unspecified atom stereocenters. The van der Waals surface area contributed by atoms with E-state index in [1.165, 1.54) is 24.8 Å². The number of aliphatic hydroxyl groups excluding tert-OH is 1. The van der Waals surface area contributed by atoms with Crippen molar-refractivity contribution in [2.45, 2.75) is 81.5 Å². The first-order chi connectivity index (χ1) is 19.8. The molecule has 2 aliphatic heterocycles. The fourth-order valence-electron chi connectivity index (χ4n) is 6.07. The zero-order valence-corrected chi connectivity index (χ0v) is 24.8. The first kappa shape index (κ1) is 27.8. The largest absolute Gasteiger partial charge is 0.474 e. The number of nitrogens with zero attached hydrogens (tertiary/aromatic N) is 6. The first-order valence-corrected chi connectivity index (χ1v) is 15.4. The maximum atomic E-state index is 14.2. The van der Waals surface area contributed by atoms with Gasteiger partial charge in [-0.2, -0.15) is 0 Å². The highest BCUT2D eigenvalue weighted by Gasteiger charge is 2.40. The van der Waals surface area contributed by atoms with E-state index < -0.39 is 6.10 Å². The predicted molar refractivity (Wildman–Crippen MR) is 160 cm³/mol. The van der Waals surface area contributed by atoms with Crippen LogP contribution in [0.15, 0.2) is 47.6 Å². The van der Waals surface area contributed by atoms with Crippen LogP contribution in [-0.4, -0.2) is 73.0 Å². The number of hydrogen-bond acceptors (Lipinski definition) is 9. The van der Waals surface area contributed by atoms with Crippen molar-refractivity contribution in [3.05, 3.63) is 48.2 Å². The van der Waals surface area contributed by atoms with Gasteiger partial charge in [0.2, 0.25) is 5.88 Å². The number of nitrogens with one attached hydrogen (secondary N) is 1. The zero-order valence-electron chi connectivity index (χ0n) is 24.0. The van der Waals surface area contributed by atoms with Crippen LogP contribution in [0.3, 0.4) is 0 Å². The van der Waals surface area contributed by atoms with Crippen molar-refractivity contribution in [1.29, 1.82) is 0 Å². The maximum Gasteiger partial charge on any atom is 0.268 e. The van der Waals surface area contributed by atoms with Crippen LogP contribution in [0.25, 0.3) is 5.82 Å². The Kier molecular flexibility index (Phi) is 7.82. The monoisotopic (exact) mass is 577 g/mol. The van der Waals surface area contributed by atoms with Gasteiger partial charge in [-0.25, -0.2) is 14.6 Å². The molecule has 3 aliphatic rings. The van der Waals surface area contributed by atoms with Crippen LogP contribution in [-0.2, 0) is 0 Å². The van der Waals surface area contributed by atoms with Crippen LogP contribution in [0.4, 0.5) is 11.6 Å². The van der Waals surface area contributed by atoms with Crippen LogP contribution in [0.1, 0.15) is 69.2 Å². The number of aromatic nitrogens is 4. The van der Waals surface area contributed by atoms with E-state index in [0.29, 0.717) is 29.0 Å². The summed E-state index contributed by atoms with van der Waals surface area (Å²) < 4.78 is 9.40. The number of rotatable bonds is 5. The molecule has 2 N–H and O–H groups in total. The number of ether oxygens (including phenoxy) is 1. The number of hydrogen-bond donors (Lipinski definition) is 2. The van der Waals surface area contributed by atoms with Crippen LogP contribution in [0, 0.1) is 5.92 Å². The molecule has 6 rings (SSSR count). The second-order valence-corrected chi connectivity index (χ2v) is 12.9. The van der Waals surface area contributed by atoms with Crippen molar-refractivity contribution in [3.63, 3.8) is 0 Å². The molecule has 11 heteroatoms. The Morgan fingerprint density at radius 1 is 1.12 bits per heavy atom. The number of aliphatic hydroxyl groups is 1. The van der Waals surface area contributed by atoms with Gasteiger partial charge in [0.25, 0.3) is 5.91 Å². The number of anilines is 2. The summed E-state index contributed by atoms with van der Waals surface area (Å²) in [6.45, 7) is 5.45. The van der Waals surface area contributed by atoms with E-state index in [9.17, 15) is 9.90 Å². The quantitative estimate of drug-likeness (QED) is 0.408. The average Bonchev–Trinajstić information content (AvgIpc) is 3.68. The van der Waals surface area contributed by atoms with Crippen LogP contribution in [0.2, 0.25) is 0 Å². The number of fused-ring (bicyclic) bond motifs is 4. The highest BCUT2D eigenvalue weighted by molar-refractivity contribution is 7.97. The van der Waals surface area contributed by atoms with Crippen LogP contribution < -0.4 is 15.0 Å². The second-order valence-electron chi connectivity index (χ2n) is 11.9. The molecule has 1 amide bonds. The minimum absolute atomic E-state index is 0.0357. The zero-order chi connectivity index (χ0) is 28.6. The minimum atomic E-state index is -0.480. The van der Waals surface area contributed by atoms with E-state index in [1.54, 1.807) is 16.9 Å². The number of pyridine rings is 2. The summed E-state index contributed by atoms with van der Waals surface area (Å²) in [5, 5.41) is 19.2. The van der Waals surface area contributed by atoms with E-state index >= 15 is 0 Å². The van der Waals surface area contributed by atoms with E-state index in [4.69, 9.17) is 14.7 Å². The molecule has 3 aromatic rings. The highest BCUT2D eigenvalue weighted by Crippen LogP contribution is 2.39. The lowest BCUT2D eigenvalue weighted by Crippen LogP contribution is -2.51. The molecule has 2 atom stereocenters. The second kappa shape index (κ2) is 11.5. The molecular formula is C30H39N7O3S. The molecule has 218 valence electrons. The fourth-order valence-corrected chi connectivity index (χ4v) is 7.06. The van der Waals surface area contributed by atoms with E-state index in [-0.39, 0.29) is 24.1 Å². The van der Waals surface area contributed by atoms with Gasteiger partial charge < -0.3 is 20.1 Å². The Bertz CT molecular complexity index is 1390. The van der Waals surface area contributed by atoms with E-state index in [1.807, 2.05) is 41.7 Å². The molecular weight excluding hydrogens is 538 g/mol. The summed E-state index contributed by atoms with van der Waals surface area (Å²) in [5.74, 6) is 2.72. The third-order valence-electron chi connectivity index (χ3n) is 8.66. The molecule has 1 saturated carbocycles. The van der Waals surface area contributed by atoms with Crippen molar-refractivity contribution < 1.29 is 14.6 Å². The third kappa shape index (κ3) is 5.88. The molecule has 0 radical (unpaired) electrons. The van der Waals surface area contributed by atoms with Gasteiger partial charge in [0.05, 0.1) is 11.7 Å². The summed E-state index contributed by atoms with van der Waals surface area (Å²) in [4.78, 5) is 26.0. The van der Waals surface area contributed by atoms with Crippen molar-refractivity contribution in [1.82, 2.24) is 24.1 Å². The fraction of sp³-hybridized carbons (Fsp3) is 0.533. The molecule has 3 aromatic heterocycles. The lowest BCUT2D eigenvalue weighted by molar-refractivity contribution is 0.0574. The van der Waals surface area contributed by atoms with E-state index in [0.717, 1.165) is 49.5 Å². The normalized spacial score (nSPS) is 21.8. The molecule has 10 nitrogen and oxygen atoms in total. The molecule has 1 fully saturated rings. The van der Waals surface area contributed by atoms with Crippen molar-refractivity contribution in [3.8, 4) is 11.7 Å². The molecule has 5 heterocycles. The molecule has 1 aliphatic carbocycles. The summed E-state index contributed by atoms with van der Waals surface area (Å²) in [7, 11) is 2.01. The Morgan fingerprint density at radius 3 is 2.78 bits per heavy atom. The Hall–Kier alpha value is -3.31. The Balaban J connectivity index is 1.28. The summed E-state index contributed by atoms with van der Waals surface area (Å²) in [6, 6.07) is 11.4. The first-order valence-electron chi connectivity index (χ1n) is 14.6. The SMILES string of the molecule is CN1c2nc(-n3ccc(OCC(O)C4CCCC4)n3)ccc2C(=O)N2Sc3cccc(n3)NCCC[C@H]2CC1(C)C. The van der Waals surface area contributed by atoms with Gasteiger partial charge in [0, 0.05) is 49.4 Å². The van der Waals surface area contributed by atoms with Crippen LogP contribution in [0.5, 0.6) is 5.88 Å². The molecule has 0 spiro atoms. The van der Waals surface area contributed by atoms with Gasteiger partial charge in [-0.15, -0.1) is 5.10 Å². The number of carbonyl (C=O) groups is 1. The molecule has 0 aromatic carbocycles. The Morgan fingerprint density at radius 2 is 1.95 bits per heavy atom. The van der Waals surface area contributed by atoms with Gasteiger partial charge >= 0.3 is 0 Å². The predicted octanol–water partition coefficient (Wildman–Crippen LogP) is 4.93. The third-order valence-corrected chi connectivity index (χ3v) is 9.74. The summed E-state index contributed by atoms with van der Waals surface area (Å²) in [5.41, 5.74) is 0.280. The van der Waals surface area contributed by atoms with Gasteiger partial charge in [-0.3, -0.25) is 9.10 Å². The summed E-state index contributed by atoms with van der Waals surface area (Å²) >= 11 is 1.41.